The van der Waals surface area contributed by atoms with E-state index in [2.05, 4.69) is 47.3 Å². The molecule has 2 aliphatic rings. The van der Waals surface area contributed by atoms with Crippen LogP contribution in [0, 0.1) is 0 Å². The summed E-state index contributed by atoms with van der Waals surface area (Å²) in [4.78, 5) is 7.40. The maximum absolute atomic E-state index is 6.20. The topological polar surface area (TPSA) is 28.2 Å². The molecular formula is C21H33N3O2. The monoisotopic (exact) mass is 359 g/mol. The van der Waals surface area contributed by atoms with Crippen LogP contribution in [-0.4, -0.2) is 74.9 Å². The Morgan fingerprint density at radius 3 is 2.46 bits per heavy atom. The summed E-state index contributed by atoms with van der Waals surface area (Å²) in [6, 6.07) is 8.37. The van der Waals surface area contributed by atoms with Gasteiger partial charge in [-0.15, -0.1) is 0 Å². The second-order valence-corrected chi connectivity index (χ2v) is 7.38. The van der Waals surface area contributed by atoms with E-state index in [1.165, 1.54) is 11.4 Å². The minimum absolute atomic E-state index is 0.273. The average molecular weight is 360 g/mol. The number of anilines is 1. The van der Waals surface area contributed by atoms with Crippen LogP contribution in [0.2, 0.25) is 0 Å². The Hall–Kier alpha value is -1.72. The molecule has 144 valence electrons. The Morgan fingerprint density at radius 1 is 1.15 bits per heavy atom. The lowest BCUT2D eigenvalue weighted by Gasteiger charge is -2.42. The molecule has 2 unspecified atom stereocenters. The van der Waals surface area contributed by atoms with Crippen LogP contribution in [0.15, 0.2) is 36.5 Å². The normalized spacial score (nSPS) is 24.6. The van der Waals surface area contributed by atoms with E-state index in [9.17, 15) is 0 Å². The van der Waals surface area contributed by atoms with Gasteiger partial charge in [0, 0.05) is 57.2 Å². The van der Waals surface area contributed by atoms with Gasteiger partial charge in [-0.3, -0.25) is 4.90 Å². The van der Waals surface area contributed by atoms with Crippen LogP contribution in [0.3, 0.4) is 0 Å². The maximum Gasteiger partial charge on any atom is 0.119 e. The van der Waals surface area contributed by atoms with Crippen molar-refractivity contribution in [2.75, 3.05) is 57.8 Å². The van der Waals surface area contributed by atoms with Crippen LogP contribution in [0.25, 0.3) is 0 Å². The Bertz CT molecular complexity index is 581. The summed E-state index contributed by atoms with van der Waals surface area (Å²) < 4.78 is 11.4. The predicted octanol–water partition coefficient (Wildman–Crippen LogP) is 2.83. The molecule has 2 saturated heterocycles. The van der Waals surface area contributed by atoms with Gasteiger partial charge < -0.3 is 19.3 Å². The molecule has 0 radical (unpaired) electrons. The fourth-order valence-corrected chi connectivity index (χ4v) is 3.90. The fourth-order valence-electron chi connectivity index (χ4n) is 3.90. The molecule has 2 atom stereocenters. The Morgan fingerprint density at radius 2 is 1.85 bits per heavy atom. The predicted molar refractivity (Wildman–Crippen MR) is 107 cm³/mol. The van der Waals surface area contributed by atoms with Crippen molar-refractivity contribution in [3.8, 4) is 5.75 Å². The first-order valence-electron chi connectivity index (χ1n) is 9.78. The molecule has 0 N–H and O–H groups in total. The molecule has 0 aromatic heterocycles. The maximum atomic E-state index is 6.20. The van der Waals surface area contributed by atoms with Gasteiger partial charge in [-0.1, -0.05) is 13.5 Å². The van der Waals surface area contributed by atoms with Gasteiger partial charge >= 0.3 is 0 Å². The van der Waals surface area contributed by atoms with Crippen molar-refractivity contribution in [1.29, 1.82) is 0 Å². The number of ether oxygens (including phenoxy) is 2. The molecule has 0 saturated carbocycles. The van der Waals surface area contributed by atoms with E-state index in [1.54, 1.807) is 7.11 Å². The summed E-state index contributed by atoms with van der Waals surface area (Å²) in [5.41, 5.74) is 2.51. The van der Waals surface area contributed by atoms with E-state index in [4.69, 9.17) is 9.47 Å². The standard InChI is InChI=1S/C21H33N3O2/c1-5-17(2)24-14-18(3)26-21(16-24)15-22-10-12-23(13-11-22)19-6-8-20(25-4)9-7-19/h6-9,18,21H,2,5,10-16H2,1,3-4H3. The third-order valence-electron chi connectivity index (χ3n) is 5.45. The molecule has 2 heterocycles. The molecule has 2 fully saturated rings. The molecule has 5 heteroatoms. The Kier molecular flexibility index (Phi) is 6.43. The zero-order valence-electron chi connectivity index (χ0n) is 16.5. The number of allylic oxidation sites excluding steroid dienone is 1. The smallest absolute Gasteiger partial charge is 0.119 e. The lowest BCUT2D eigenvalue weighted by Crippen LogP contribution is -2.53. The summed E-state index contributed by atoms with van der Waals surface area (Å²) in [6.45, 7) is 15.8. The van der Waals surface area contributed by atoms with Crippen molar-refractivity contribution in [2.45, 2.75) is 32.5 Å². The highest BCUT2D eigenvalue weighted by atomic mass is 16.5. The largest absolute Gasteiger partial charge is 0.497 e. The second-order valence-electron chi connectivity index (χ2n) is 7.38. The number of hydrogen-bond donors (Lipinski definition) is 0. The molecule has 5 nitrogen and oxygen atoms in total. The Balaban J connectivity index is 1.49. The van der Waals surface area contributed by atoms with Crippen LogP contribution >= 0.6 is 0 Å². The summed E-state index contributed by atoms with van der Waals surface area (Å²) in [7, 11) is 1.71. The van der Waals surface area contributed by atoms with Gasteiger partial charge in [-0.05, 0) is 37.6 Å². The number of rotatable bonds is 6. The molecular weight excluding hydrogens is 326 g/mol. The van der Waals surface area contributed by atoms with Gasteiger partial charge in [0.25, 0.3) is 0 Å². The van der Waals surface area contributed by atoms with Crippen molar-refractivity contribution in [3.63, 3.8) is 0 Å². The van der Waals surface area contributed by atoms with Crippen LogP contribution in [-0.2, 0) is 4.74 Å². The molecule has 1 aromatic carbocycles. The number of piperazine rings is 1. The first-order valence-corrected chi connectivity index (χ1v) is 9.78. The molecule has 0 bridgehead atoms. The van der Waals surface area contributed by atoms with Crippen LogP contribution in [0.1, 0.15) is 20.3 Å². The van der Waals surface area contributed by atoms with Gasteiger partial charge in [0.15, 0.2) is 0 Å². The molecule has 0 spiro atoms. The SMILES string of the molecule is C=C(CC)N1CC(C)OC(CN2CCN(c3ccc(OC)cc3)CC2)C1. The van der Waals surface area contributed by atoms with E-state index in [1.807, 2.05) is 12.1 Å². The van der Waals surface area contributed by atoms with Gasteiger partial charge in [-0.2, -0.15) is 0 Å². The first kappa shape index (κ1) is 19.1. The summed E-state index contributed by atoms with van der Waals surface area (Å²) in [6.07, 6.45) is 1.56. The molecule has 3 rings (SSSR count). The summed E-state index contributed by atoms with van der Waals surface area (Å²) in [5, 5.41) is 0. The van der Waals surface area contributed by atoms with Crippen LogP contribution in [0.4, 0.5) is 5.69 Å². The van der Waals surface area contributed by atoms with Crippen molar-refractivity contribution in [3.05, 3.63) is 36.5 Å². The fraction of sp³-hybridized carbons (Fsp3) is 0.619. The highest BCUT2D eigenvalue weighted by Crippen LogP contribution is 2.22. The number of nitrogens with zero attached hydrogens (tertiary/aromatic N) is 3. The van der Waals surface area contributed by atoms with Crippen LogP contribution in [0.5, 0.6) is 5.75 Å². The number of morpholine rings is 1. The average Bonchev–Trinajstić information content (AvgIpc) is 2.67. The minimum atomic E-state index is 0.273. The van der Waals surface area contributed by atoms with Crippen molar-refractivity contribution < 1.29 is 9.47 Å². The molecule has 1 aromatic rings. The molecule has 2 aliphatic heterocycles. The highest BCUT2D eigenvalue weighted by molar-refractivity contribution is 5.49. The molecule has 26 heavy (non-hydrogen) atoms. The van der Waals surface area contributed by atoms with Crippen molar-refractivity contribution in [1.82, 2.24) is 9.80 Å². The lowest BCUT2D eigenvalue weighted by molar-refractivity contribution is -0.0793. The first-order chi connectivity index (χ1) is 12.6. The van der Waals surface area contributed by atoms with E-state index in [0.29, 0.717) is 0 Å². The van der Waals surface area contributed by atoms with Crippen molar-refractivity contribution >= 4 is 5.69 Å². The summed E-state index contributed by atoms with van der Waals surface area (Å²) in [5.74, 6) is 0.911. The minimum Gasteiger partial charge on any atom is -0.497 e. The third-order valence-corrected chi connectivity index (χ3v) is 5.45. The lowest BCUT2D eigenvalue weighted by atomic mass is 10.1. The zero-order valence-corrected chi connectivity index (χ0v) is 16.5. The van der Waals surface area contributed by atoms with Gasteiger partial charge in [0.1, 0.15) is 5.75 Å². The second kappa shape index (κ2) is 8.78. The van der Waals surface area contributed by atoms with E-state index in [-0.39, 0.29) is 12.2 Å². The quantitative estimate of drug-likeness (QED) is 0.779. The third kappa shape index (κ3) is 4.71. The highest BCUT2D eigenvalue weighted by Gasteiger charge is 2.28. The van der Waals surface area contributed by atoms with Gasteiger partial charge in [0.05, 0.1) is 19.3 Å². The number of hydrogen-bond acceptors (Lipinski definition) is 5. The van der Waals surface area contributed by atoms with Gasteiger partial charge in [0.2, 0.25) is 0 Å². The van der Waals surface area contributed by atoms with E-state index >= 15 is 0 Å². The number of benzene rings is 1. The molecule has 0 amide bonds. The van der Waals surface area contributed by atoms with Gasteiger partial charge in [-0.25, -0.2) is 0 Å². The van der Waals surface area contributed by atoms with E-state index in [0.717, 1.165) is 58.0 Å². The van der Waals surface area contributed by atoms with Crippen molar-refractivity contribution in [2.24, 2.45) is 0 Å². The zero-order chi connectivity index (χ0) is 18.5. The number of methoxy groups -OCH3 is 1. The Labute approximate surface area is 158 Å². The van der Waals surface area contributed by atoms with Crippen LogP contribution < -0.4 is 9.64 Å². The summed E-state index contributed by atoms with van der Waals surface area (Å²) >= 11 is 0. The van der Waals surface area contributed by atoms with E-state index < -0.39 is 0 Å². The molecule has 0 aliphatic carbocycles.